The normalized spacial score (nSPS) is 43.3. The smallest absolute Gasteiger partial charge is 0.309 e. The third-order valence-corrected chi connectivity index (χ3v) is 5.89. The van der Waals surface area contributed by atoms with E-state index >= 15 is 0 Å². The summed E-state index contributed by atoms with van der Waals surface area (Å²) in [6.07, 6.45) is 9.13. The molecule has 0 unspecified atom stereocenters. The van der Waals surface area contributed by atoms with Gasteiger partial charge in [0.25, 0.3) is 0 Å². The highest BCUT2D eigenvalue weighted by Crippen LogP contribution is 2.60. The van der Waals surface area contributed by atoms with Crippen LogP contribution in [0.4, 0.5) is 0 Å². The van der Waals surface area contributed by atoms with E-state index in [1.807, 2.05) is 0 Å². The number of esters is 1. The lowest BCUT2D eigenvalue weighted by molar-refractivity contribution is -0.158. The highest BCUT2D eigenvalue weighted by Gasteiger charge is 2.54. The molecule has 3 nitrogen and oxygen atoms in total. The molecule has 0 aromatic heterocycles. The van der Waals surface area contributed by atoms with E-state index in [1.54, 1.807) is 0 Å². The lowest BCUT2D eigenvalue weighted by Crippen LogP contribution is -2.51. The summed E-state index contributed by atoms with van der Waals surface area (Å²) in [6.45, 7) is 0.0431. The molecule has 0 atom stereocenters. The fourth-order valence-electron chi connectivity index (χ4n) is 5.18. The Hall–Kier alpha value is -0.860. The van der Waals surface area contributed by atoms with Crippen LogP contribution in [0.2, 0.25) is 0 Å². The second-order valence-corrected chi connectivity index (χ2v) is 7.50. The molecule has 5 rings (SSSR count). The molecule has 0 N–H and O–H groups in total. The monoisotopic (exact) mass is 262 g/mol. The maximum absolute atomic E-state index is 12.6. The van der Waals surface area contributed by atoms with E-state index < -0.39 is 0 Å². The first-order valence-electron chi connectivity index (χ1n) is 7.84. The summed E-state index contributed by atoms with van der Waals surface area (Å²) in [4.78, 5) is 24.1. The minimum Gasteiger partial charge on any atom is -0.457 e. The molecule has 0 heterocycles. The Labute approximate surface area is 114 Å². The number of hydrogen-bond donors (Lipinski definition) is 0. The molecule has 0 spiro atoms. The molecule has 0 radical (unpaired) electrons. The number of ether oxygens (including phenoxy) is 1. The number of carbonyl (C=O) groups excluding carboxylic acids is 2. The molecule has 3 heteroatoms. The predicted molar refractivity (Wildman–Crippen MR) is 69.3 cm³/mol. The summed E-state index contributed by atoms with van der Waals surface area (Å²) < 4.78 is 5.23. The van der Waals surface area contributed by atoms with E-state index in [2.05, 4.69) is 0 Å². The van der Waals surface area contributed by atoms with E-state index in [4.69, 9.17) is 4.74 Å². The van der Waals surface area contributed by atoms with Crippen molar-refractivity contribution in [3.8, 4) is 0 Å². The van der Waals surface area contributed by atoms with Gasteiger partial charge in [0, 0.05) is 5.41 Å². The van der Waals surface area contributed by atoms with Crippen LogP contribution in [0.3, 0.4) is 0 Å². The van der Waals surface area contributed by atoms with E-state index in [-0.39, 0.29) is 29.7 Å². The van der Waals surface area contributed by atoms with Crippen LogP contribution in [-0.2, 0) is 14.3 Å². The van der Waals surface area contributed by atoms with E-state index in [0.29, 0.717) is 0 Å². The molecule has 19 heavy (non-hydrogen) atoms. The van der Waals surface area contributed by atoms with E-state index in [9.17, 15) is 9.59 Å². The van der Waals surface area contributed by atoms with Gasteiger partial charge in [-0.15, -0.1) is 0 Å². The lowest BCUT2D eigenvalue weighted by Gasteiger charge is -2.55. The van der Waals surface area contributed by atoms with Crippen LogP contribution in [0.15, 0.2) is 0 Å². The molecular weight excluding hydrogens is 240 g/mol. The van der Waals surface area contributed by atoms with Gasteiger partial charge in [-0.3, -0.25) is 9.59 Å². The number of Topliss-reactive ketones (excluding diaryl/α,β-unsaturated/α-hetero) is 1. The molecule has 0 aliphatic heterocycles. The Bertz CT molecular complexity index is 386. The average molecular weight is 262 g/mol. The van der Waals surface area contributed by atoms with Gasteiger partial charge >= 0.3 is 5.97 Å². The maximum Gasteiger partial charge on any atom is 0.309 e. The molecule has 0 aromatic carbocycles. The summed E-state index contributed by atoms with van der Waals surface area (Å²) in [6, 6.07) is 0. The predicted octanol–water partition coefficient (Wildman–Crippen LogP) is 2.73. The summed E-state index contributed by atoms with van der Waals surface area (Å²) >= 11 is 0. The van der Waals surface area contributed by atoms with Crippen molar-refractivity contribution in [3.05, 3.63) is 0 Å². The highest BCUT2D eigenvalue weighted by atomic mass is 16.5. The standard InChI is InChI=1S/C16H22O3/c17-14(9-19-15(18)13-1-2-13)16-6-10-3-11(7-16)5-12(4-10)8-16/h10-13H,1-9H2. The zero-order chi connectivity index (χ0) is 13.0. The van der Waals surface area contributed by atoms with Crippen molar-refractivity contribution in [1.29, 1.82) is 0 Å². The van der Waals surface area contributed by atoms with Gasteiger partial charge in [0.1, 0.15) is 0 Å². The molecule has 0 amide bonds. The summed E-state index contributed by atoms with van der Waals surface area (Å²) in [5.74, 6) is 2.50. The lowest BCUT2D eigenvalue weighted by atomic mass is 9.48. The van der Waals surface area contributed by atoms with Gasteiger partial charge in [-0.25, -0.2) is 0 Å². The largest absolute Gasteiger partial charge is 0.457 e. The van der Waals surface area contributed by atoms with Crippen molar-refractivity contribution >= 4 is 11.8 Å². The highest BCUT2D eigenvalue weighted by molar-refractivity contribution is 5.88. The van der Waals surface area contributed by atoms with Gasteiger partial charge < -0.3 is 4.74 Å². The van der Waals surface area contributed by atoms with Crippen molar-refractivity contribution in [2.75, 3.05) is 6.61 Å². The zero-order valence-corrected chi connectivity index (χ0v) is 11.4. The average Bonchev–Trinajstić information content (AvgIpc) is 3.18. The Morgan fingerprint density at radius 1 is 0.947 bits per heavy atom. The molecule has 5 aliphatic rings. The fourth-order valence-corrected chi connectivity index (χ4v) is 5.18. The quantitative estimate of drug-likeness (QED) is 0.732. The van der Waals surface area contributed by atoms with Gasteiger partial charge in [-0.2, -0.15) is 0 Å². The molecular formula is C16H22O3. The van der Waals surface area contributed by atoms with E-state index in [0.717, 1.165) is 49.9 Å². The van der Waals surface area contributed by atoms with Crippen LogP contribution < -0.4 is 0 Å². The molecule has 5 aliphatic carbocycles. The van der Waals surface area contributed by atoms with Crippen molar-refractivity contribution in [1.82, 2.24) is 0 Å². The van der Waals surface area contributed by atoms with Crippen molar-refractivity contribution in [3.63, 3.8) is 0 Å². The Morgan fingerprint density at radius 2 is 1.47 bits per heavy atom. The molecule has 0 saturated heterocycles. The molecule has 5 saturated carbocycles. The van der Waals surface area contributed by atoms with Crippen LogP contribution in [0.5, 0.6) is 0 Å². The zero-order valence-electron chi connectivity index (χ0n) is 11.4. The Morgan fingerprint density at radius 3 is 1.95 bits per heavy atom. The summed E-state index contributed by atoms with van der Waals surface area (Å²) in [5.41, 5.74) is -0.113. The van der Waals surface area contributed by atoms with Gasteiger partial charge in [-0.05, 0) is 69.1 Å². The van der Waals surface area contributed by atoms with Crippen molar-refractivity contribution in [2.45, 2.75) is 51.4 Å². The fraction of sp³-hybridized carbons (Fsp3) is 0.875. The molecule has 0 aromatic rings. The van der Waals surface area contributed by atoms with Gasteiger partial charge in [0.15, 0.2) is 12.4 Å². The van der Waals surface area contributed by atoms with Gasteiger partial charge in [-0.1, -0.05) is 0 Å². The second-order valence-electron chi connectivity index (χ2n) is 7.50. The van der Waals surface area contributed by atoms with Gasteiger partial charge in [0.2, 0.25) is 0 Å². The van der Waals surface area contributed by atoms with Gasteiger partial charge in [0.05, 0.1) is 5.92 Å². The molecule has 5 fully saturated rings. The van der Waals surface area contributed by atoms with E-state index in [1.165, 1.54) is 19.3 Å². The second kappa shape index (κ2) is 4.07. The third-order valence-electron chi connectivity index (χ3n) is 5.89. The first kappa shape index (κ1) is 11.9. The van der Waals surface area contributed by atoms with Crippen molar-refractivity contribution < 1.29 is 14.3 Å². The summed E-state index contributed by atoms with van der Waals surface area (Å²) in [7, 11) is 0. The number of hydrogen-bond acceptors (Lipinski definition) is 3. The van der Waals surface area contributed by atoms with Crippen LogP contribution in [0, 0.1) is 29.1 Å². The molecule has 104 valence electrons. The minimum absolute atomic E-state index is 0.0431. The minimum atomic E-state index is -0.141. The molecule has 4 bridgehead atoms. The Kier molecular flexibility index (Phi) is 2.55. The number of rotatable bonds is 4. The van der Waals surface area contributed by atoms with Crippen LogP contribution in [0.1, 0.15) is 51.4 Å². The number of carbonyl (C=O) groups is 2. The maximum atomic E-state index is 12.6. The van der Waals surface area contributed by atoms with Crippen LogP contribution in [-0.4, -0.2) is 18.4 Å². The number of ketones is 1. The summed E-state index contributed by atoms with van der Waals surface area (Å²) in [5, 5.41) is 0. The SMILES string of the molecule is O=C(OCC(=O)C12CC3CC(CC(C3)C1)C2)C1CC1. The third kappa shape index (κ3) is 2.02. The first-order valence-corrected chi connectivity index (χ1v) is 7.84. The topological polar surface area (TPSA) is 43.4 Å². The first-order chi connectivity index (χ1) is 9.14. The Balaban J connectivity index is 1.42. The van der Waals surface area contributed by atoms with Crippen LogP contribution >= 0.6 is 0 Å². The van der Waals surface area contributed by atoms with Crippen LogP contribution in [0.25, 0.3) is 0 Å². The van der Waals surface area contributed by atoms with Crippen molar-refractivity contribution in [2.24, 2.45) is 29.1 Å².